The van der Waals surface area contributed by atoms with Gasteiger partial charge in [-0.05, 0) is 26.0 Å². The number of nitrogens with one attached hydrogen (secondary N) is 1. The lowest BCUT2D eigenvalue weighted by Gasteiger charge is -2.41. The summed E-state index contributed by atoms with van der Waals surface area (Å²) in [5.41, 5.74) is -0.0445. The predicted octanol–water partition coefficient (Wildman–Crippen LogP) is 0.431. The van der Waals surface area contributed by atoms with Crippen LogP contribution < -0.4 is 10.2 Å². The number of rotatable bonds is 6. The molecule has 0 aliphatic carbocycles. The van der Waals surface area contributed by atoms with Crippen LogP contribution in [0.3, 0.4) is 0 Å². The molecular weight excluding hydrogens is 330 g/mol. The molecule has 1 aromatic rings. The minimum Gasteiger partial charge on any atom is -0.379 e. The lowest BCUT2D eigenvalue weighted by atomic mass is 10.0. The van der Waals surface area contributed by atoms with Crippen molar-refractivity contribution < 1.29 is 9.53 Å². The quantitative estimate of drug-likeness (QED) is 0.793. The molecule has 1 N–H and O–H groups in total. The highest BCUT2D eigenvalue weighted by molar-refractivity contribution is 5.78. The third kappa shape index (κ3) is 5.16. The molecular formula is C19H31N5O2. The van der Waals surface area contributed by atoms with E-state index in [2.05, 4.69) is 38.8 Å². The first-order chi connectivity index (χ1) is 12.5. The summed E-state index contributed by atoms with van der Waals surface area (Å²) < 4.78 is 5.42. The largest absolute Gasteiger partial charge is 0.379 e. The fourth-order valence-electron chi connectivity index (χ4n) is 3.53. The maximum absolute atomic E-state index is 12.4. The Morgan fingerprint density at radius 3 is 2.54 bits per heavy atom. The molecule has 144 valence electrons. The lowest BCUT2D eigenvalue weighted by Crippen LogP contribution is -2.56. The van der Waals surface area contributed by atoms with Crippen LogP contribution in [0.4, 0.5) is 5.82 Å². The number of piperazine rings is 1. The van der Waals surface area contributed by atoms with Crippen LogP contribution in [0.25, 0.3) is 0 Å². The fraction of sp³-hybridized carbons (Fsp3) is 0.684. The summed E-state index contributed by atoms with van der Waals surface area (Å²) in [5.74, 6) is 1.13. The van der Waals surface area contributed by atoms with Gasteiger partial charge in [-0.15, -0.1) is 0 Å². The summed E-state index contributed by atoms with van der Waals surface area (Å²) in [6.07, 6.45) is 1.82. The number of morpholine rings is 1. The first-order valence-corrected chi connectivity index (χ1v) is 9.52. The van der Waals surface area contributed by atoms with Gasteiger partial charge in [-0.1, -0.05) is 6.07 Å². The van der Waals surface area contributed by atoms with E-state index in [0.717, 1.165) is 58.3 Å². The fourth-order valence-corrected chi connectivity index (χ4v) is 3.53. The normalized spacial score (nSPS) is 20.2. The number of hydrogen-bond acceptors (Lipinski definition) is 6. The molecule has 26 heavy (non-hydrogen) atoms. The van der Waals surface area contributed by atoms with Crippen molar-refractivity contribution in [3.05, 3.63) is 24.4 Å². The Kier molecular flexibility index (Phi) is 6.45. The molecule has 7 heteroatoms. The SMILES string of the molecule is CC(C)(CNC(=O)CN1CCN(c2ccccn2)CC1)N1CCOCC1. The van der Waals surface area contributed by atoms with Crippen LogP contribution in [-0.4, -0.2) is 91.8 Å². The standard InChI is InChI=1S/C19H31N5O2/c1-19(2,24-11-13-26-14-12-24)16-21-18(25)15-22-7-9-23(10-8-22)17-5-3-4-6-20-17/h3-6H,7-16H2,1-2H3,(H,21,25). The van der Waals surface area contributed by atoms with Crippen LogP contribution >= 0.6 is 0 Å². The average Bonchev–Trinajstić information content (AvgIpc) is 2.68. The first kappa shape index (κ1) is 19.1. The molecule has 2 saturated heterocycles. The second kappa shape index (κ2) is 8.79. The molecule has 2 fully saturated rings. The number of anilines is 1. The Bertz CT molecular complexity index is 567. The van der Waals surface area contributed by atoms with E-state index in [4.69, 9.17) is 4.74 Å². The van der Waals surface area contributed by atoms with Crippen molar-refractivity contribution in [2.45, 2.75) is 19.4 Å². The molecule has 7 nitrogen and oxygen atoms in total. The predicted molar refractivity (Wildman–Crippen MR) is 102 cm³/mol. The van der Waals surface area contributed by atoms with Crippen LogP contribution in [0.5, 0.6) is 0 Å². The highest BCUT2D eigenvalue weighted by Crippen LogP contribution is 2.15. The van der Waals surface area contributed by atoms with Crippen molar-refractivity contribution in [3.8, 4) is 0 Å². The summed E-state index contributed by atoms with van der Waals surface area (Å²) in [4.78, 5) is 23.7. The van der Waals surface area contributed by atoms with E-state index in [0.29, 0.717) is 13.1 Å². The van der Waals surface area contributed by atoms with E-state index in [1.54, 1.807) is 0 Å². The van der Waals surface area contributed by atoms with Crippen molar-refractivity contribution in [2.24, 2.45) is 0 Å². The van der Waals surface area contributed by atoms with Crippen molar-refractivity contribution >= 4 is 11.7 Å². The molecule has 2 aliphatic rings. The number of ether oxygens (including phenoxy) is 1. The van der Waals surface area contributed by atoms with E-state index in [1.807, 2.05) is 24.4 Å². The minimum absolute atomic E-state index is 0.0445. The van der Waals surface area contributed by atoms with E-state index in [1.165, 1.54) is 0 Å². The summed E-state index contributed by atoms with van der Waals surface area (Å²) in [5, 5.41) is 3.12. The van der Waals surface area contributed by atoms with Gasteiger partial charge >= 0.3 is 0 Å². The second-order valence-corrected chi connectivity index (χ2v) is 7.64. The molecule has 0 atom stereocenters. The number of hydrogen-bond donors (Lipinski definition) is 1. The van der Waals surface area contributed by atoms with Crippen LogP contribution in [0, 0.1) is 0 Å². The molecule has 0 unspecified atom stereocenters. The Balaban J connectivity index is 1.39. The van der Waals surface area contributed by atoms with Crippen LogP contribution in [0.2, 0.25) is 0 Å². The van der Waals surface area contributed by atoms with E-state index >= 15 is 0 Å². The minimum atomic E-state index is -0.0445. The van der Waals surface area contributed by atoms with E-state index in [9.17, 15) is 4.79 Å². The van der Waals surface area contributed by atoms with Gasteiger partial charge in [-0.25, -0.2) is 4.98 Å². The molecule has 0 bridgehead atoms. The topological polar surface area (TPSA) is 60.9 Å². The van der Waals surface area contributed by atoms with Gasteiger partial charge in [0.15, 0.2) is 0 Å². The maximum Gasteiger partial charge on any atom is 0.234 e. The van der Waals surface area contributed by atoms with Gasteiger partial charge in [0.25, 0.3) is 0 Å². The highest BCUT2D eigenvalue weighted by Gasteiger charge is 2.29. The van der Waals surface area contributed by atoms with Gasteiger partial charge in [-0.3, -0.25) is 14.6 Å². The Labute approximate surface area is 156 Å². The van der Waals surface area contributed by atoms with Gasteiger partial charge in [-0.2, -0.15) is 0 Å². The number of amides is 1. The summed E-state index contributed by atoms with van der Waals surface area (Å²) >= 11 is 0. The van der Waals surface area contributed by atoms with Crippen LogP contribution in [0.1, 0.15) is 13.8 Å². The number of carbonyl (C=O) groups excluding carboxylic acids is 1. The van der Waals surface area contributed by atoms with Crippen molar-refractivity contribution in [1.29, 1.82) is 0 Å². The summed E-state index contributed by atoms with van der Waals surface area (Å²) in [6, 6.07) is 5.98. The number of pyridine rings is 1. The van der Waals surface area contributed by atoms with Crippen molar-refractivity contribution in [1.82, 2.24) is 20.1 Å². The number of nitrogens with zero attached hydrogens (tertiary/aromatic N) is 4. The summed E-state index contributed by atoms with van der Waals surface area (Å²) in [7, 11) is 0. The van der Waals surface area contributed by atoms with Crippen LogP contribution in [-0.2, 0) is 9.53 Å². The van der Waals surface area contributed by atoms with Gasteiger partial charge in [0.05, 0.1) is 19.8 Å². The molecule has 1 amide bonds. The third-order valence-electron chi connectivity index (χ3n) is 5.30. The van der Waals surface area contributed by atoms with E-state index < -0.39 is 0 Å². The molecule has 1 aromatic heterocycles. The van der Waals surface area contributed by atoms with Gasteiger partial charge in [0.2, 0.25) is 5.91 Å². The molecule has 3 heterocycles. The van der Waals surface area contributed by atoms with Crippen molar-refractivity contribution in [3.63, 3.8) is 0 Å². The second-order valence-electron chi connectivity index (χ2n) is 7.64. The Morgan fingerprint density at radius 2 is 1.88 bits per heavy atom. The monoisotopic (exact) mass is 361 g/mol. The molecule has 0 saturated carbocycles. The molecule has 3 rings (SSSR count). The summed E-state index contributed by atoms with van der Waals surface area (Å²) in [6.45, 7) is 12.5. The van der Waals surface area contributed by atoms with Crippen LogP contribution in [0.15, 0.2) is 24.4 Å². The van der Waals surface area contributed by atoms with Gasteiger partial charge in [0.1, 0.15) is 5.82 Å². The zero-order valence-electron chi connectivity index (χ0n) is 16.0. The smallest absolute Gasteiger partial charge is 0.234 e. The van der Waals surface area contributed by atoms with Gasteiger partial charge in [0, 0.05) is 57.5 Å². The lowest BCUT2D eigenvalue weighted by molar-refractivity contribution is -0.123. The number of carbonyl (C=O) groups is 1. The van der Waals surface area contributed by atoms with Gasteiger partial charge < -0.3 is 15.0 Å². The number of aromatic nitrogens is 1. The first-order valence-electron chi connectivity index (χ1n) is 9.52. The average molecular weight is 361 g/mol. The Morgan fingerprint density at radius 1 is 1.15 bits per heavy atom. The molecule has 0 radical (unpaired) electrons. The van der Waals surface area contributed by atoms with Crippen molar-refractivity contribution in [2.75, 3.05) is 70.5 Å². The van der Waals surface area contributed by atoms with E-state index in [-0.39, 0.29) is 11.4 Å². The third-order valence-corrected chi connectivity index (χ3v) is 5.30. The zero-order chi connectivity index (χ0) is 18.4. The zero-order valence-corrected chi connectivity index (χ0v) is 16.0. The highest BCUT2D eigenvalue weighted by atomic mass is 16.5. The molecule has 0 spiro atoms. The molecule has 0 aromatic carbocycles. The maximum atomic E-state index is 12.4. The molecule has 2 aliphatic heterocycles. The Hall–Kier alpha value is -1.70.